The zero-order chi connectivity index (χ0) is 31.4. The Labute approximate surface area is 266 Å². The molecule has 11 heteroatoms. The second kappa shape index (κ2) is 13.5. The zero-order valence-corrected chi connectivity index (χ0v) is 27.3. The lowest BCUT2D eigenvalue weighted by molar-refractivity contribution is -0.139. The molecule has 3 aromatic carbocycles. The van der Waals surface area contributed by atoms with Crippen molar-refractivity contribution in [2.24, 2.45) is 4.99 Å². The molecule has 0 saturated carbocycles. The van der Waals surface area contributed by atoms with Crippen LogP contribution in [0.3, 0.4) is 0 Å². The van der Waals surface area contributed by atoms with Gasteiger partial charge in [-0.25, -0.2) is 9.79 Å². The molecule has 228 valence electrons. The number of nitrogens with zero attached hydrogens (tertiary/aromatic N) is 2. The number of carbonyl (C=O) groups is 1. The number of methoxy groups -OCH3 is 3. The van der Waals surface area contributed by atoms with Crippen LogP contribution in [0.1, 0.15) is 36.6 Å². The predicted molar refractivity (Wildman–Crippen MR) is 171 cm³/mol. The average Bonchev–Trinajstić information content (AvgIpc) is 3.33. The van der Waals surface area contributed by atoms with E-state index in [4.69, 9.17) is 23.7 Å². The highest BCUT2D eigenvalue weighted by atomic mass is 79.9. The topological polar surface area (TPSA) is 97.6 Å². The van der Waals surface area contributed by atoms with Crippen LogP contribution < -0.4 is 33.8 Å². The molecule has 0 unspecified atom stereocenters. The Balaban J connectivity index is 1.70. The van der Waals surface area contributed by atoms with Gasteiger partial charge in [0.2, 0.25) is 0 Å². The minimum Gasteiger partial charge on any atom is -0.493 e. The van der Waals surface area contributed by atoms with Gasteiger partial charge in [-0.1, -0.05) is 69.7 Å². The van der Waals surface area contributed by atoms with Crippen molar-refractivity contribution in [2.45, 2.75) is 26.5 Å². The number of allylic oxidation sites excluding steroid dienone is 1. The highest BCUT2D eigenvalue weighted by Gasteiger charge is 2.35. The number of hydrogen-bond acceptors (Lipinski definition) is 9. The molecule has 0 fully saturated rings. The number of rotatable bonds is 10. The van der Waals surface area contributed by atoms with Crippen molar-refractivity contribution in [2.75, 3.05) is 27.9 Å². The third-order valence-corrected chi connectivity index (χ3v) is 8.73. The van der Waals surface area contributed by atoms with Gasteiger partial charge in [0.05, 0.1) is 49.8 Å². The molecule has 9 nitrogen and oxygen atoms in total. The molecule has 5 rings (SSSR count). The van der Waals surface area contributed by atoms with E-state index in [1.165, 1.54) is 30.1 Å². The van der Waals surface area contributed by atoms with Crippen molar-refractivity contribution in [1.29, 1.82) is 0 Å². The molecule has 0 amide bonds. The van der Waals surface area contributed by atoms with E-state index in [2.05, 4.69) is 20.9 Å². The van der Waals surface area contributed by atoms with E-state index in [1.807, 2.05) is 48.5 Å². The second-order valence-electron chi connectivity index (χ2n) is 9.68. The van der Waals surface area contributed by atoms with E-state index < -0.39 is 12.0 Å². The lowest BCUT2D eigenvalue weighted by Crippen LogP contribution is -2.40. The first-order valence-corrected chi connectivity index (χ1v) is 15.4. The van der Waals surface area contributed by atoms with E-state index >= 15 is 0 Å². The van der Waals surface area contributed by atoms with Crippen molar-refractivity contribution in [3.05, 3.63) is 113 Å². The molecule has 44 heavy (non-hydrogen) atoms. The Kier molecular flexibility index (Phi) is 9.55. The maximum atomic E-state index is 14.2. The molecular formula is C33H31BrN2O7S. The summed E-state index contributed by atoms with van der Waals surface area (Å²) < 4.78 is 30.8. The van der Waals surface area contributed by atoms with Gasteiger partial charge in [0.15, 0.2) is 27.8 Å². The van der Waals surface area contributed by atoms with E-state index in [9.17, 15) is 9.59 Å². The number of hydrogen-bond donors (Lipinski definition) is 0. The molecule has 0 radical (unpaired) electrons. The van der Waals surface area contributed by atoms with Gasteiger partial charge >= 0.3 is 5.97 Å². The Bertz CT molecular complexity index is 1910. The molecule has 1 aliphatic heterocycles. The first kappa shape index (κ1) is 31.1. The summed E-state index contributed by atoms with van der Waals surface area (Å²) in [6.45, 7) is 3.96. The summed E-state index contributed by atoms with van der Waals surface area (Å²) in [4.78, 5) is 32.7. The van der Waals surface area contributed by atoms with Crippen LogP contribution in [0.2, 0.25) is 0 Å². The summed E-state index contributed by atoms with van der Waals surface area (Å²) in [7, 11) is 4.64. The Morgan fingerprint density at radius 1 is 1.00 bits per heavy atom. The van der Waals surface area contributed by atoms with Crippen LogP contribution in [-0.2, 0) is 16.1 Å². The smallest absolute Gasteiger partial charge is 0.338 e. The van der Waals surface area contributed by atoms with Crippen molar-refractivity contribution >= 4 is 39.3 Å². The fourth-order valence-corrected chi connectivity index (χ4v) is 6.57. The maximum Gasteiger partial charge on any atom is 0.338 e. The number of aromatic nitrogens is 1. The lowest BCUT2D eigenvalue weighted by Gasteiger charge is -2.26. The Morgan fingerprint density at radius 2 is 1.70 bits per heavy atom. The normalized spacial score (nSPS) is 14.5. The zero-order valence-electron chi connectivity index (χ0n) is 24.9. The number of benzene rings is 3. The monoisotopic (exact) mass is 678 g/mol. The molecule has 0 aliphatic carbocycles. The van der Waals surface area contributed by atoms with E-state index in [0.717, 1.165) is 5.56 Å². The van der Waals surface area contributed by atoms with Gasteiger partial charge in [0.1, 0.15) is 6.61 Å². The van der Waals surface area contributed by atoms with Crippen molar-refractivity contribution in [3.63, 3.8) is 0 Å². The average molecular weight is 680 g/mol. The van der Waals surface area contributed by atoms with Crippen LogP contribution in [0.15, 0.2) is 86.2 Å². The first-order chi connectivity index (χ1) is 21.3. The highest BCUT2D eigenvalue weighted by Crippen LogP contribution is 2.41. The molecule has 0 saturated heterocycles. The standard InChI is InChI=1S/C33H31BrN2O7S/c1-6-42-32(38)28-19(2)35-33-36(29(28)22-16-25(40-4)26(41-5)17-23(22)34)31(37)27(44-33)15-21-13-10-14-24(39-3)30(21)43-18-20-11-8-7-9-12-20/h7-17,29H,6,18H2,1-5H3/b27-15-/t29-/m0/s1. The predicted octanol–water partition coefficient (Wildman–Crippen LogP) is 5.17. The van der Waals surface area contributed by atoms with Crippen molar-refractivity contribution < 1.29 is 28.5 Å². The summed E-state index contributed by atoms with van der Waals surface area (Å²) in [5.74, 6) is 1.43. The van der Waals surface area contributed by atoms with Crippen LogP contribution in [-0.4, -0.2) is 38.5 Å². The van der Waals surface area contributed by atoms with Gasteiger partial charge in [-0.15, -0.1) is 0 Å². The molecule has 2 heterocycles. The van der Waals surface area contributed by atoms with E-state index in [-0.39, 0.29) is 17.7 Å². The highest BCUT2D eigenvalue weighted by molar-refractivity contribution is 9.10. The number of ether oxygens (including phenoxy) is 5. The van der Waals surface area contributed by atoms with Crippen LogP contribution in [0.5, 0.6) is 23.0 Å². The Hall–Kier alpha value is -4.35. The molecule has 1 atom stereocenters. The molecular weight excluding hydrogens is 648 g/mol. The fraction of sp³-hybridized carbons (Fsp3) is 0.242. The quantitative estimate of drug-likeness (QED) is 0.214. The van der Waals surface area contributed by atoms with Crippen LogP contribution in [0, 0.1) is 0 Å². The maximum absolute atomic E-state index is 14.2. The number of halogens is 1. The lowest BCUT2D eigenvalue weighted by atomic mass is 9.95. The summed E-state index contributed by atoms with van der Waals surface area (Å²) in [5, 5.41) is 0. The van der Waals surface area contributed by atoms with Crippen LogP contribution >= 0.6 is 27.3 Å². The molecule has 4 aromatic rings. The van der Waals surface area contributed by atoms with Crippen molar-refractivity contribution in [3.8, 4) is 23.0 Å². The van der Waals surface area contributed by atoms with Gasteiger partial charge in [-0.05, 0) is 49.2 Å². The SMILES string of the molecule is CCOC(=O)C1=C(C)N=c2s/c(=C\c3cccc(OC)c3OCc3ccccc3)c(=O)n2[C@H]1c1cc(OC)c(OC)cc1Br. The summed E-state index contributed by atoms with van der Waals surface area (Å²) in [6, 6.07) is 17.9. The van der Waals surface area contributed by atoms with Gasteiger partial charge in [0, 0.05) is 10.0 Å². The van der Waals surface area contributed by atoms with Gasteiger partial charge < -0.3 is 23.7 Å². The molecule has 1 aromatic heterocycles. The van der Waals surface area contributed by atoms with Crippen molar-refractivity contribution in [1.82, 2.24) is 4.57 Å². The van der Waals surface area contributed by atoms with Crippen LogP contribution in [0.4, 0.5) is 0 Å². The first-order valence-electron chi connectivity index (χ1n) is 13.8. The molecule has 0 N–H and O–H groups in total. The second-order valence-corrected chi connectivity index (χ2v) is 11.5. The van der Waals surface area contributed by atoms with Crippen LogP contribution in [0.25, 0.3) is 6.08 Å². The minimum absolute atomic E-state index is 0.168. The van der Waals surface area contributed by atoms with E-state index in [1.54, 1.807) is 39.2 Å². The third-order valence-electron chi connectivity index (χ3n) is 7.06. The molecule has 1 aliphatic rings. The number of carbonyl (C=O) groups excluding carboxylic acids is 1. The third kappa shape index (κ3) is 6.02. The summed E-state index contributed by atoms with van der Waals surface area (Å²) in [5.41, 5.74) is 2.65. The molecule has 0 spiro atoms. The molecule has 0 bridgehead atoms. The largest absolute Gasteiger partial charge is 0.493 e. The number of fused-ring (bicyclic) bond motifs is 1. The van der Waals surface area contributed by atoms with Gasteiger partial charge in [0.25, 0.3) is 5.56 Å². The number of para-hydroxylation sites is 1. The number of thiazole rings is 1. The minimum atomic E-state index is -0.847. The van der Waals surface area contributed by atoms with Gasteiger partial charge in [-0.3, -0.25) is 9.36 Å². The summed E-state index contributed by atoms with van der Waals surface area (Å²) >= 11 is 4.85. The fourth-order valence-electron chi connectivity index (χ4n) is 5.00. The summed E-state index contributed by atoms with van der Waals surface area (Å²) in [6.07, 6.45) is 1.76. The number of esters is 1. The Morgan fingerprint density at radius 3 is 2.39 bits per heavy atom. The van der Waals surface area contributed by atoms with E-state index in [0.29, 0.717) is 60.2 Å². The van der Waals surface area contributed by atoms with Gasteiger partial charge in [-0.2, -0.15) is 0 Å².